The monoisotopic (exact) mass is 228 g/mol. The van der Waals surface area contributed by atoms with Gasteiger partial charge in [0.25, 0.3) is 0 Å². The molecule has 0 bridgehead atoms. The predicted molar refractivity (Wildman–Crippen MR) is 68.9 cm³/mol. The number of benzene rings is 1. The first-order chi connectivity index (χ1) is 7.70. The summed E-state index contributed by atoms with van der Waals surface area (Å²) in [7, 11) is -0.941. The zero-order valence-corrected chi connectivity index (χ0v) is 10.1. The molecule has 0 fully saturated rings. The fraction of sp³-hybridized carbons (Fsp3) is 0.143. The molecule has 1 atom stereocenters. The van der Waals surface area contributed by atoms with Gasteiger partial charge in [-0.1, -0.05) is 30.0 Å². The van der Waals surface area contributed by atoms with Crippen LogP contribution in [0, 0.1) is 23.7 Å². The van der Waals surface area contributed by atoms with Gasteiger partial charge in [-0.05, 0) is 30.9 Å². The maximum atomic E-state index is 11.0. The van der Waals surface area contributed by atoms with Crippen LogP contribution in [-0.4, -0.2) is 10.5 Å². The molecular weight excluding hydrogens is 216 g/mol. The van der Waals surface area contributed by atoms with Gasteiger partial charge in [0.1, 0.15) is 0 Å². The van der Waals surface area contributed by atoms with Crippen molar-refractivity contribution in [3.63, 3.8) is 0 Å². The third-order valence-electron chi connectivity index (χ3n) is 1.84. The molecule has 0 N–H and O–H groups in total. The minimum Gasteiger partial charge on any atom is -0.255 e. The van der Waals surface area contributed by atoms with Crippen LogP contribution < -0.4 is 0 Å². The van der Waals surface area contributed by atoms with E-state index in [-0.39, 0.29) is 0 Å². The summed E-state index contributed by atoms with van der Waals surface area (Å²) in [6.45, 7) is 1.79. The van der Waals surface area contributed by atoms with Gasteiger partial charge >= 0.3 is 0 Å². The smallest absolute Gasteiger partial charge is 0.0460 e. The molecule has 80 valence electrons. The van der Waals surface area contributed by atoms with Crippen molar-refractivity contribution in [2.45, 2.75) is 6.92 Å². The molecule has 0 aromatic heterocycles. The first-order valence-electron chi connectivity index (χ1n) is 4.77. The SMILES string of the molecule is CC(=CC#CC#Cc1ccccc1)[S@@](C)=O. The quantitative estimate of drug-likeness (QED) is 0.674. The summed E-state index contributed by atoms with van der Waals surface area (Å²) in [6.07, 6.45) is 3.26. The molecule has 0 unspecified atom stereocenters. The van der Waals surface area contributed by atoms with Crippen LogP contribution in [0.4, 0.5) is 0 Å². The molecule has 0 spiro atoms. The molecule has 1 rings (SSSR count). The first kappa shape index (κ1) is 12.3. The van der Waals surface area contributed by atoms with Crippen LogP contribution in [0.5, 0.6) is 0 Å². The van der Waals surface area contributed by atoms with Crippen molar-refractivity contribution >= 4 is 10.8 Å². The van der Waals surface area contributed by atoms with Crippen LogP contribution in [0.15, 0.2) is 41.3 Å². The van der Waals surface area contributed by atoms with E-state index in [0.29, 0.717) is 0 Å². The third kappa shape index (κ3) is 4.64. The summed E-state index contributed by atoms with van der Waals surface area (Å²) in [5.74, 6) is 11.1. The number of allylic oxidation sites excluding steroid dienone is 2. The average Bonchev–Trinajstić information content (AvgIpc) is 2.29. The van der Waals surface area contributed by atoms with E-state index >= 15 is 0 Å². The van der Waals surface area contributed by atoms with Crippen molar-refractivity contribution in [3.8, 4) is 23.7 Å². The molecule has 0 saturated heterocycles. The number of rotatable bonds is 1. The molecule has 0 aliphatic heterocycles. The Kier molecular flexibility index (Phi) is 5.12. The Bertz CT molecular complexity index is 519. The molecule has 0 radical (unpaired) electrons. The van der Waals surface area contributed by atoms with Gasteiger partial charge in [-0.3, -0.25) is 4.21 Å². The first-order valence-corrected chi connectivity index (χ1v) is 6.33. The summed E-state index contributed by atoms with van der Waals surface area (Å²) in [5.41, 5.74) is 0.941. The second kappa shape index (κ2) is 6.67. The minimum atomic E-state index is -0.941. The van der Waals surface area contributed by atoms with Crippen molar-refractivity contribution in [1.82, 2.24) is 0 Å². The van der Waals surface area contributed by atoms with E-state index in [2.05, 4.69) is 23.7 Å². The Morgan fingerprint density at radius 3 is 2.56 bits per heavy atom. The van der Waals surface area contributed by atoms with Gasteiger partial charge in [0, 0.05) is 33.6 Å². The second-order valence-corrected chi connectivity index (χ2v) is 4.65. The summed E-state index contributed by atoms with van der Waals surface area (Å²) in [4.78, 5) is 0.758. The fourth-order valence-electron chi connectivity index (χ4n) is 0.882. The Hall–Kier alpha value is -1.77. The van der Waals surface area contributed by atoms with Crippen molar-refractivity contribution < 1.29 is 4.21 Å². The van der Waals surface area contributed by atoms with E-state index in [1.807, 2.05) is 30.3 Å². The van der Waals surface area contributed by atoms with Crippen molar-refractivity contribution in [2.75, 3.05) is 6.26 Å². The molecule has 0 saturated carbocycles. The van der Waals surface area contributed by atoms with Gasteiger partial charge < -0.3 is 0 Å². The minimum absolute atomic E-state index is 0.758. The Balaban J connectivity index is 2.66. The zero-order chi connectivity index (χ0) is 11.8. The maximum absolute atomic E-state index is 11.0. The second-order valence-electron chi connectivity index (χ2n) is 3.09. The molecule has 1 nitrogen and oxygen atoms in total. The molecule has 1 aromatic rings. The Labute approximate surface area is 99.0 Å². The van der Waals surface area contributed by atoms with Crippen molar-refractivity contribution in [1.29, 1.82) is 0 Å². The molecule has 0 aliphatic carbocycles. The van der Waals surface area contributed by atoms with Gasteiger partial charge in [0.05, 0.1) is 0 Å². The lowest BCUT2D eigenvalue weighted by Gasteiger charge is -1.87. The van der Waals surface area contributed by atoms with Gasteiger partial charge in [-0.15, -0.1) is 0 Å². The lowest BCUT2D eigenvalue weighted by molar-refractivity contribution is 0.690. The highest BCUT2D eigenvalue weighted by molar-refractivity contribution is 7.88. The summed E-state index contributed by atoms with van der Waals surface area (Å²) >= 11 is 0. The third-order valence-corrected chi connectivity index (χ3v) is 2.87. The molecular formula is C14H12OS. The van der Waals surface area contributed by atoms with Gasteiger partial charge in [0.2, 0.25) is 0 Å². The van der Waals surface area contributed by atoms with Gasteiger partial charge in [0.15, 0.2) is 0 Å². The number of hydrogen-bond donors (Lipinski definition) is 0. The van der Waals surface area contributed by atoms with E-state index in [1.165, 1.54) is 0 Å². The maximum Gasteiger partial charge on any atom is 0.0460 e. The summed E-state index contributed by atoms with van der Waals surface area (Å²) < 4.78 is 11.0. The molecule has 0 aliphatic rings. The van der Waals surface area contributed by atoms with E-state index in [1.54, 1.807) is 19.3 Å². The Morgan fingerprint density at radius 1 is 1.25 bits per heavy atom. The predicted octanol–water partition coefficient (Wildman–Crippen LogP) is 2.32. The van der Waals surface area contributed by atoms with E-state index in [0.717, 1.165) is 10.5 Å². The zero-order valence-electron chi connectivity index (χ0n) is 9.28. The van der Waals surface area contributed by atoms with Crippen LogP contribution in [0.25, 0.3) is 0 Å². The van der Waals surface area contributed by atoms with E-state index < -0.39 is 10.8 Å². The van der Waals surface area contributed by atoms with Crippen molar-refractivity contribution in [2.24, 2.45) is 0 Å². The highest BCUT2D eigenvalue weighted by atomic mass is 32.2. The molecule has 1 aromatic carbocycles. The standard InChI is InChI=1S/C14H12OS/c1-13(16(2)15)9-5-3-6-10-14-11-7-4-8-12-14/h4,7-9,11-12H,1-2H3/t16-/m1/s1. The molecule has 2 heteroatoms. The van der Waals surface area contributed by atoms with Gasteiger partial charge in [-0.2, -0.15) is 0 Å². The summed E-state index contributed by atoms with van der Waals surface area (Å²) in [5, 5.41) is 0. The molecule has 16 heavy (non-hydrogen) atoms. The average molecular weight is 228 g/mol. The van der Waals surface area contributed by atoms with Crippen molar-refractivity contribution in [3.05, 3.63) is 46.9 Å². The topological polar surface area (TPSA) is 17.1 Å². The van der Waals surface area contributed by atoms with Crippen LogP contribution in [0.2, 0.25) is 0 Å². The highest BCUT2D eigenvalue weighted by Gasteiger charge is 1.88. The van der Waals surface area contributed by atoms with Crippen LogP contribution in [0.3, 0.4) is 0 Å². The lowest BCUT2D eigenvalue weighted by Crippen LogP contribution is -1.84. The van der Waals surface area contributed by atoms with E-state index in [4.69, 9.17) is 0 Å². The highest BCUT2D eigenvalue weighted by Crippen LogP contribution is 1.95. The van der Waals surface area contributed by atoms with Crippen LogP contribution >= 0.6 is 0 Å². The number of hydrogen-bond acceptors (Lipinski definition) is 1. The summed E-state index contributed by atoms with van der Waals surface area (Å²) in [6, 6.07) is 9.66. The fourth-order valence-corrected chi connectivity index (χ4v) is 1.11. The van der Waals surface area contributed by atoms with E-state index in [9.17, 15) is 4.21 Å². The van der Waals surface area contributed by atoms with Gasteiger partial charge in [-0.25, -0.2) is 0 Å². The van der Waals surface area contributed by atoms with Crippen LogP contribution in [0.1, 0.15) is 12.5 Å². The largest absolute Gasteiger partial charge is 0.255 e. The molecule has 0 heterocycles. The Morgan fingerprint density at radius 2 is 1.94 bits per heavy atom. The lowest BCUT2D eigenvalue weighted by atomic mass is 10.2. The normalized spacial score (nSPS) is 11.8. The molecule has 0 amide bonds. The van der Waals surface area contributed by atoms with Crippen LogP contribution in [-0.2, 0) is 10.8 Å².